The number of aromatic hydroxyl groups is 2. The van der Waals surface area contributed by atoms with Crippen molar-refractivity contribution in [1.29, 1.82) is 5.26 Å². The molecule has 7 heterocycles. The maximum absolute atomic E-state index is 14.9. The Bertz CT molecular complexity index is 2230. The van der Waals surface area contributed by atoms with Gasteiger partial charge in [-0.3, -0.25) is 24.7 Å². The normalized spacial score (nSPS) is 28.9. The predicted molar refractivity (Wildman–Crippen MR) is 200 cm³/mol. The lowest BCUT2D eigenvalue weighted by atomic mass is 9.71. The summed E-state index contributed by atoms with van der Waals surface area (Å²) in [4.78, 5) is 32.2. The molecule has 7 atom stereocenters. The molecule has 0 radical (unpaired) electrons. The second-order valence-corrected chi connectivity index (χ2v) is 16.3. The van der Waals surface area contributed by atoms with Crippen LogP contribution in [0.4, 0.5) is 0 Å². The van der Waals surface area contributed by atoms with Crippen molar-refractivity contribution >= 4 is 23.6 Å². The number of carbonyl (C=O) groups is 2. The summed E-state index contributed by atoms with van der Waals surface area (Å²) < 4.78 is 29.7. The van der Waals surface area contributed by atoms with Gasteiger partial charge in [-0.2, -0.15) is 5.26 Å². The first-order valence-corrected chi connectivity index (χ1v) is 19.5. The maximum atomic E-state index is 14.9. The van der Waals surface area contributed by atoms with Crippen LogP contribution in [0.3, 0.4) is 0 Å². The summed E-state index contributed by atoms with van der Waals surface area (Å²) in [5.74, 6) is 1.47. The number of ether oxygens (including phenoxy) is 5. The fourth-order valence-electron chi connectivity index (χ4n) is 10.3. The van der Waals surface area contributed by atoms with Crippen LogP contribution in [0.25, 0.3) is 0 Å². The van der Waals surface area contributed by atoms with Gasteiger partial charge in [0.2, 0.25) is 12.7 Å². The van der Waals surface area contributed by atoms with Crippen molar-refractivity contribution in [3.63, 3.8) is 0 Å². The number of benzene rings is 3. The number of nitrogens with zero attached hydrogens (tertiary/aromatic N) is 3. The average Bonchev–Trinajstić information content (AvgIpc) is 3.65. The molecule has 4 bridgehead atoms. The third-order valence-corrected chi connectivity index (χ3v) is 14.0. The number of hydrogen-bond acceptors (Lipinski definition) is 14. The van der Waals surface area contributed by atoms with Gasteiger partial charge < -0.3 is 39.2 Å². The fourth-order valence-corrected chi connectivity index (χ4v) is 12.0. The molecule has 55 heavy (non-hydrogen) atoms. The molecular formula is C40H43N5O9S. The van der Waals surface area contributed by atoms with Gasteiger partial charge in [0.15, 0.2) is 34.5 Å². The van der Waals surface area contributed by atoms with E-state index in [4.69, 9.17) is 23.7 Å². The molecule has 0 saturated carbocycles. The molecule has 15 heteroatoms. The Morgan fingerprint density at radius 3 is 2.58 bits per heavy atom. The highest BCUT2D eigenvalue weighted by Gasteiger charge is 2.61. The van der Waals surface area contributed by atoms with Gasteiger partial charge in [0.25, 0.3) is 0 Å². The average molecular weight is 770 g/mol. The summed E-state index contributed by atoms with van der Waals surface area (Å²) in [7, 11) is 5.03. The van der Waals surface area contributed by atoms with Gasteiger partial charge >= 0.3 is 5.97 Å². The van der Waals surface area contributed by atoms with Crippen molar-refractivity contribution in [2.45, 2.75) is 74.6 Å². The van der Waals surface area contributed by atoms with Gasteiger partial charge in [-0.1, -0.05) is 6.07 Å². The molecule has 1 spiro atoms. The highest BCUT2D eigenvalue weighted by molar-refractivity contribution is 7.99. The Labute approximate surface area is 322 Å². The summed E-state index contributed by atoms with van der Waals surface area (Å²) in [6.45, 7) is 5.63. The molecule has 288 valence electrons. The van der Waals surface area contributed by atoms with Crippen LogP contribution in [0.15, 0.2) is 18.2 Å². The number of rotatable bonds is 3. The largest absolute Gasteiger partial charge is 0.504 e. The van der Waals surface area contributed by atoms with E-state index in [2.05, 4.69) is 32.6 Å². The Morgan fingerprint density at radius 2 is 1.85 bits per heavy atom. The van der Waals surface area contributed by atoms with Gasteiger partial charge in [-0.25, -0.2) is 0 Å². The highest BCUT2D eigenvalue weighted by atomic mass is 32.2. The topological polar surface area (TPSA) is 175 Å². The molecule has 1 amide bonds. The number of nitrogens with one attached hydrogen (secondary N) is 2. The van der Waals surface area contributed by atoms with Crippen molar-refractivity contribution in [2.75, 3.05) is 46.9 Å². The van der Waals surface area contributed by atoms with E-state index in [0.717, 1.165) is 27.8 Å². The SMILES string of the molecule is COc1cc2c(cc1O)CCN[C@]21CS[C@@H]2c3c(OC(C)=O)c(C)c4c(c3[C@H](CNC1=O)N1C2[C@@H]2c3c(cc(C)c(OC)c3O)C[C@H]([C@@H]1C#N)N2C)OCO4. The van der Waals surface area contributed by atoms with Gasteiger partial charge in [0.05, 0.1) is 37.6 Å². The number of fused-ring (bicyclic) bond motifs is 9. The quantitative estimate of drug-likeness (QED) is 0.225. The number of aryl methyl sites for hydroxylation is 1. The number of amides is 1. The Morgan fingerprint density at radius 1 is 1.07 bits per heavy atom. The van der Waals surface area contributed by atoms with Crippen molar-refractivity contribution in [2.24, 2.45) is 0 Å². The van der Waals surface area contributed by atoms with Crippen molar-refractivity contribution in [3.8, 4) is 46.3 Å². The minimum absolute atomic E-state index is 0.00351. The summed E-state index contributed by atoms with van der Waals surface area (Å²) in [5.41, 5.74) is 4.80. The second-order valence-electron chi connectivity index (χ2n) is 15.2. The van der Waals surface area contributed by atoms with E-state index < -0.39 is 40.9 Å². The highest BCUT2D eigenvalue weighted by Crippen LogP contribution is 2.64. The number of likely N-dealkylation sites (N-methyl/N-ethyl adjacent to an activating group) is 1. The maximum Gasteiger partial charge on any atom is 0.308 e. The molecule has 1 unspecified atom stereocenters. The summed E-state index contributed by atoms with van der Waals surface area (Å²) in [5, 5.41) is 40.3. The molecule has 2 saturated heterocycles. The molecule has 3 aromatic rings. The third kappa shape index (κ3) is 4.90. The van der Waals surface area contributed by atoms with Crippen LogP contribution in [-0.4, -0.2) is 96.9 Å². The predicted octanol–water partition coefficient (Wildman–Crippen LogP) is 3.56. The fraction of sp³-hybridized carbons (Fsp3) is 0.475. The number of methoxy groups -OCH3 is 2. The standard InChI is InChI=1S/C40H43N5O9S/c1-17-9-21-10-23-24(13-41)45-25-14-42-39(49)40(22-12-27(50-5)26(47)11-20(22)7-8-43-40)15-55-38(32(45)31(44(23)4)28(21)33(48)34(17)51-6)30-29(25)37-36(52-16-53-37)18(2)35(30)54-19(3)46/h9,11-12,23-25,31-32,38,43,47-48H,7-8,10,14-16H2,1-6H3,(H,42,49)/t23-,24+,25+,31+,32?,38-,40-/m1/s1. The number of phenols is 2. The number of carbonyl (C=O) groups excluding carboxylic acids is 2. The third-order valence-electron chi connectivity index (χ3n) is 12.6. The van der Waals surface area contributed by atoms with Gasteiger partial charge in [0.1, 0.15) is 17.3 Å². The lowest BCUT2D eigenvalue weighted by Crippen LogP contribution is -2.70. The molecule has 7 aliphatic heterocycles. The van der Waals surface area contributed by atoms with Crippen LogP contribution in [0, 0.1) is 25.2 Å². The van der Waals surface area contributed by atoms with Gasteiger partial charge in [0, 0.05) is 60.1 Å². The Hall–Kier alpha value is -4.88. The zero-order chi connectivity index (χ0) is 38.7. The summed E-state index contributed by atoms with van der Waals surface area (Å²) >= 11 is 1.52. The first-order chi connectivity index (χ1) is 26.4. The lowest BCUT2D eigenvalue weighted by Gasteiger charge is -2.62. The van der Waals surface area contributed by atoms with E-state index in [0.29, 0.717) is 59.1 Å². The van der Waals surface area contributed by atoms with E-state index in [9.17, 15) is 25.1 Å². The van der Waals surface area contributed by atoms with Crippen LogP contribution in [0.1, 0.15) is 68.8 Å². The molecule has 4 N–H and O–H groups in total. The van der Waals surface area contributed by atoms with E-state index >= 15 is 0 Å². The smallest absolute Gasteiger partial charge is 0.308 e. The number of nitriles is 1. The van der Waals surface area contributed by atoms with Gasteiger partial charge in [-0.05, 0) is 68.1 Å². The Kier molecular flexibility index (Phi) is 8.36. The van der Waals surface area contributed by atoms with E-state index in [-0.39, 0.29) is 48.3 Å². The minimum Gasteiger partial charge on any atom is -0.504 e. The van der Waals surface area contributed by atoms with Crippen molar-refractivity contribution < 1.29 is 43.5 Å². The second kappa shape index (κ2) is 12.8. The van der Waals surface area contributed by atoms with Crippen molar-refractivity contribution in [3.05, 3.63) is 62.7 Å². The minimum atomic E-state index is -1.25. The first kappa shape index (κ1) is 35.8. The number of esters is 1. The molecule has 0 aromatic heterocycles. The molecule has 10 rings (SSSR count). The van der Waals surface area contributed by atoms with E-state index in [1.165, 1.54) is 25.8 Å². The lowest BCUT2D eigenvalue weighted by molar-refractivity contribution is -0.132. The van der Waals surface area contributed by atoms with Crippen LogP contribution in [-0.2, 0) is 28.0 Å². The zero-order valence-corrected chi connectivity index (χ0v) is 32.3. The molecule has 0 aliphatic carbocycles. The first-order valence-electron chi connectivity index (χ1n) is 18.4. The molecule has 14 nitrogen and oxygen atoms in total. The van der Waals surface area contributed by atoms with Crippen LogP contribution in [0.2, 0.25) is 0 Å². The van der Waals surface area contributed by atoms with E-state index in [1.54, 1.807) is 19.2 Å². The molecule has 3 aromatic carbocycles. The van der Waals surface area contributed by atoms with E-state index in [1.807, 2.05) is 20.9 Å². The molecule has 2 fully saturated rings. The number of phenolic OH excluding ortho intramolecular Hbond substituents is 2. The van der Waals surface area contributed by atoms with Crippen molar-refractivity contribution in [1.82, 2.24) is 20.4 Å². The van der Waals surface area contributed by atoms with Crippen LogP contribution >= 0.6 is 11.8 Å². The van der Waals surface area contributed by atoms with Crippen LogP contribution < -0.4 is 34.3 Å². The summed E-state index contributed by atoms with van der Waals surface area (Å²) in [6, 6.07) is 5.63. The number of piperazine rings is 1. The van der Waals surface area contributed by atoms with Gasteiger partial charge in [-0.15, -0.1) is 11.8 Å². The number of hydrogen-bond donors (Lipinski definition) is 4. The Balaban J connectivity index is 1.33. The molecular weight excluding hydrogens is 727 g/mol. The zero-order valence-electron chi connectivity index (χ0n) is 31.4. The summed E-state index contributed by atoms with van der Waals surface area (Å²) in [6.07, 6.45) is 1.10. The molecule has 7 aliphatic rings. The van der Waals surface area contributed by atoms with Crippen LogP contribution in [0.5, 0.6) is 40.2 Å². The number of thioether (sulfide) groups is 1. The monoisotopic (exact) mass is 769 g/mol.